The summed E-state index contributed by atoms with van der Waals surface area (Å²) < 4.78 is 24.5. The van der Waals surface area contributed by atoms with Crippen LogP contribution in [0.2, 0.25) is 0 Å². The molecule has 0 atom stereocenters. The van der Waals surface area contributed by atoms with Crippen LogP contribution >= 0.6 is 28.3 Å². The molecule has 236 valence electrons. The number of methoxy groups -OCH3 is 4. The molecule has 0 radical (unpaired) electrons. The number of thiazole rings is 1. The number of aryl methyl sites for hydroxylation is 1. The Balaban J connectivity index is 0.00000400. The maximum Gasteiger partial charge on any atom is 0.184 e. The van der Waals surface area contributed by atoms with Crippen LogP contribution in [-0.2, 0) is 24.8 Å². The van der Waals surface area contributed by atoms with Gasteiger partial charge < -0.3 is 23.5 Å². The van der Waals surface area contributed by atoms with Crippen molar-refractivity contribution in [3.05, 3.63) is 111 Å². The van der Waals surface area contributed by atoms with Crippen LogP contribution in [0, 0.1) is 0 Å². The standard InChI is InChI=1S/C37H40N2O4S.BrH/c1-40-31-14-10-26(22-33(31)42-3)16-20-38-36-39(21-17-27-11-15-32(41-2)34(23-27)43-4)35(25-44-36)37(18-7-19-37)30-13-12-28-8-5-6-9-29(28)24-30;/h5-6,8-15,22-25H,7,16-21H2,1-4H3;1H/b38-36+;. The lowest BCUT2D eigenvalue weighted by atomic mass is 9.62. The number of hydrogen-bond donors (Lipinski definition) is 0. The highest BCUT2D eigenvalue weighted by Crippen LogP contribution is 2.49. The normalized spacial score (nSPS) is 14.0. The zero-order valence-electron chi connectivity index (χ0n) is 26.4. The molecule has 0 unspecified atom stereocenters. The number of fused-ring (bicyclic) bond motifs is 1. The second-order valence-corrected chi connectivity index (χ2v) is 12.1. The fraction of sp³-hybridized carbons (Fsp3) is 0.324. The molecule has 45 heavy (non-hydrogen) atoms. The molecule has 5 aromatic rings. The van der Waals surface area contributed by atoms with Gasteiger partial charge in [0.25, 0.3) is 0 Å². The number of rotatable bonds is 12. The van der Waals surface area contributed by atoms with Gasteiger partial charge in [0.05, 0.1) is 28.4 Å². The van der Waals surface area contributed by atoms with Gasteiger partial charge in [-0.3, -0.25) is 4.99 Å². The monoisotopic (exact) mass is 688 g/mol. The summed E-state index contributed by atoms with van der Waals surface area (Å²) in [6.07, 6.45) is 5.19. The highest BCUT2D eigenvalue weighted by molar-refractivity contribution is 8.93. The van der Waals surface area contributed by atoms with E-state index in [9.17, 15) is 0 Å². The molecule has 0 bridgehead atoms. The highest BCUT2D eigenvalue weighted by atomic mass is 79.9. The summed E-state index contributed by atoms with van der Waals surface area (Å²) in [7, 11) is 6.69. The number of halogens is 1. The molecular formula is C37H41BrN2O4S. The fourth-order valence-electron chi connectivity index (χ4n) is 6.35. The predicted octanol–water partition coefficient (Wildman–Crippen LogP) is 8.17. The molecule has 1 aliphatic carbocycles. The molecule has 6 nitrogen and oxygen atoms in total. The molecule has 1 saturated carbocycles. The number of aromatic nitrogens is 1. The van der Waals surface area contributed by atoms with Crippen molar-refractivity contribution >= 4 is 39.1 Å². The Morgan fingerprint density at radius 2 is 1.33 bits per heavy atom. The minimum absolute atomic E-state index is 0. The van der Waals surface area contributed by atoms with Crippen molar-refractivity contribution in [1.29, 1.82) is 0 Å². The molecule has 6 rings (SSSR count). The number of nitrogens with zero attached hydrogens (tertiary/aromatic N) is 2. The zero-order chi connectivity index (χ0) is 30.5. The third-order valence-corrected chi connectivity index (χ3v) is 9.87. The van der Waals surface area contributed by atoms with E-state index in [0.717, 1.165) is 60.0 Å². The Labute approximate surface area is 280 Å². The molecular weight excluding hydrogens is 648 g/mol. The van der Waals surface area contributed by atoms with E-state index < -0.39 is 0 Å². The fourth-order valence-corrected chi connectivity index (χ4v) is 7.41. The summed E-state index contributed by atoms with van der Waals surface area (Å²) in [5.74, 6) is 2.99. The Morgan fingerprint density at radius 3 is 1.93 bits per heavy atom. The van der Waals surface area contributed by atoms with E-state index in [1.165, 1.54) is 39.6 Å². The van der Waals surface area contributed by atoms with Gasteiger partial charge in [-0.25, -0.2) is 0 Å². The molecule has 1 aromatic heterocycles. The molecule has 1 fully saturated rings. The van der Waals surface area contributed by atoms with Gasteiger partial charge >= 0.3 is 0 Å². The average molecular weight is 690 g/mol. The zero-order valence-corrected chi connectivity index (χ0v) is 28.9. The number of hydrogen-bond acceptors (Lipinski definition) is 6. The molecule has 0 N–H and O–H groups in total. The van der Waals surface area contributed by atoms with Crippen LogP contribution in [0.15, 0.2) is 89.2 Å². The second kappa shape index (κ2) is 14.6. The van der Waals surface area contributed by atoms with Crippen LogP contribution in [-0.4, -0.2) is 39.6 Å². The third kappa shape index (κ3) is 6.63. The lowest BCUT2D eigenvalue weighted by molar-refractivity contribution is 0.282. The van der Waals surface area contributed by atoms with Crippen molar-refractivity contribution in [2.75, 3.05) is 35.0 Å². The average Bonchev–Trinajstić information content (AvgIpc) is 3.45. The highest BCUT2D eigenvalue weighted by Gasteiger charge is 2.43. The Kier molecular flexibility index (Phi) is 10.6. The quantitative estimate of drug-likeness (QED) is 0.133. The van der Waals surface area contributed by atoms with Gasteiger partial charge in [0.2, 0.25) is 0 Å². The van der Waals surface area contributed by atoms with Crippen LogP contribution in [0.1, 0.15) is 41.6 Å². The van der Waals surface area contributed by atoms with E-state index >= 15 is 0 Å². The largest absolute Gasteiger partial charge is 0.493 e. The Hall–Kier alpha value is -3.75. The summed E-state index contributed by atoms with van der Waals surface area (Å²) in [6, 6.07) is 28.0. The molecule has 0 amide bonds. The Bertz CT molecular complexity index is 1830. The third-order valence-electron chi connectivity index (χ3n) is 8.96. The van der Waals surface area contributed by atoms with Gasteiger partial charge in [-0.2, -0.15) is 0 Å². The smallest absolute Gasteiger partial charge is 0.184 e. The van der Waals surface area contributed by atoms with Crippen molar-refractivity contribution in [2.45, 2.75) is 44.1 Å². The first kappa shape index (κ1) is 32.6. The molecule has 1 heterocycles. The van der Waals surface area contributed by atoms with Crippen LogP contribution in [0.4, 0.5) is 0 Å². The van der Waals surface area contributed by atoms with Gasteiger partial charge in [0.15, 0.2) is 27.8 Å². The maximum atomic E-state index is 5.60. The van der Waals surface area contributed by atoms with Crippen molar-refractivity contribution in [1.82, 2.24) is 4.57 Å². The minimum Gasteiger partial charge on any atom is -0.493 e. The molecule has 1 aliphatic rings. The van der Waals surface area contributed by atoms with Crippen molar-refractivity contribution in [3.63, 3.8) is 0 Å². The van der Waals surface area contributed by atoms with Crippen molar-refractivity contribution in [2.24, 2.45) is 4.99 Å². The maximum absolute atomic E-state index is 5.60. The summed E-state index contributed by atoms with van der Waals surface area (Å²) in [5.41, 5.74) is 5.14. The van der Waals surface area contributed by atoms with Crippen LogP contribution in [0.5, 0.6) is 23.0 Å². The van der Waals surface area contributed by atoms with Gasteiger partial charge in [0, 0.05) is 29.6 Å². The summed E-state index contributed by atoms with van der Waals surface area (Å²) >= 11 is 1.76. The summed E-state index contributed by atoms with van der Waals surface area (Å²) in [4.78, 5) is 6.24. The van der Waals surface area contributed by atoms with Gasteiger partial charge in [0.1, 0.15) is 0 Å². The first-order valence-corrected chi connectivity index (χ1v) is 16.1. The molecule has 0 spiro atoms. The lowest BCUT2D eigenvalue weighted by Crippen LogP contribution is -2.39. The van der Waals surface area contributed by atoms with E-state index in [-0.39, 0.29) is 22.4 Å². The molecule has 4 aromatic carbocycles. The van der Waals surface area contributed by atoms with E-state index in [1.54, 1.807) is 39.8 Å². The summed E-state index contributed by atoms with van der Waals surface area (Å²) in [5, 5.41) is 4.93. The van der Waals surface area contributed by atoms with Crippen LogP contribution < -0.4 is 23.7 Å². The topological polar surface area (TPSA) is 54.2 Å². The minimum atomic E-state index is -0.00471. The number of ether oxygens (including phenoxy) is 4. The van der Waals surface area contributed by atoms with Crippen molar-refractivity contribution in [3.8, 4) is 23.0 Å². The van der Waals surface area contributed by atoms with Crippen LogP contribution in [0.25, 0.3) is 10.8 Å². The molecule has 0 aliphatic heterocycles. The van der Waals surface area contributed by atoms with E-state index in [0.29, 0.717) is 6.54 Å². The second-order valence-electron chi connectivity index (χ2n) is 11.3. The van der Waals surface area contributed by atoms with Gasteiger partial charge in [-0.1, -0.05) is 61.0 Å². The Morgan fingerprint density at radius 1 is 0.711 bits per heavy atom. The lowest BCUT2D eigenvalue weighted by Gasteiger charge is -2.43. The SMILES string of the molecule is Br.COc1ccc(CC/N=c2/scc(C3(c4ccc5ccccc5c4)CCC3)n2CCc2ccc(OC)c(OC)c2)cc1OC. The number of benzene rings is 4. The van der Waals surface area contributed by atoms with Gasteiger partial charge in [-0.05, 0) is 77.4 Å². The van der Waals surface area contributed by atoms with E-state index in [2.05, 4.69) is 70.6 Å². The first-order valence-electron chi connectivity index (χ1n) is 15.2. The van der Waals surface area contributed by atoms with E-state index in [4.69, 9.17) is 23.9 Å². The van der Waals surface area contributed by atoms with Crippen LogP contribution in [0.3, 0.4) is 0 Å². The van der Waals surface area contributed by atoms with Crippen molar-refractivity contribution < 1.29 is 18.9 Å². The molecule has 0 saturated heterocycles. The predicted molar refractivity (Wildman–Crippen MR) is 188 cm³/mol. The van der Waals surface area contributed by atoms with E-state index in [1.807, 2.05) is 18.2 Å². The van der Waals surface area contributed by atoms with Gasteiger partial charge in [-0.15, -0.1) is 28.3 Å². The first-order chi connectivity index (χ1) is 21.6. The molecule has 8 heteroatoms. The summed E-state index contributed by atoms with van der Waals surface area (Å²) in [6.45, 7) is 1.52.